The third kappa shape index (κ3) is 1.50. The van der Waals surface area contributed by atoms with Crippen LogP contribution in [0.4, 0.5) is 0 Å². The molecule has 78 valence electrons. The van der Waals surface area contributed by atoms with E-state index in [1.165, 1.54) is 0 Å². The number of fused-ring (bicyclic) bond motifs is 1. The highest BCUT2D eigenvalue weighted by Crippen LogP contribution is 2.21. The molecule has 0 aliphatic rings. The Hall–Kier alpha value is -1.77. The molecule has 0 radical (unpaired) electrons. The van der Waals surface area contributed by atoms with E-state index >= 15 is 0 Å². The molecule has 0 saturated heterocycles. The zero-order chi connectivity index (χ0) is 10.8. The quantitative estimate of drug-likeness (QED) is 0.454. The number of nitrogens with zero attached hydrogens (tertiary/aromatic N) is 2. The maximum atomic E-state index is 8.93. The van der Waals surface area contributed by atoms with Gasteiger partial charge in [0.25, 0.3) is 0 Å². The van der Waals surface area contributed by atoms with Crippen LogP contribution in [-0.4, -0.2) is 15.5 Å². The van der Waals surface area contributed by atoms with Gasteiger partial charge in [-0.05, 0) is 12.5 Å². The van der Waals surface area contributed by atoms with Crippen LogP contribution in [0.25, 0.3) is 10.9 Å². The van der Waals surface area contributed by atoms with Gasteiger partial charge in [0.05, 0.1) is 5.71 Å². The van der Waals surface area contributed by atoms with Crippen molar-refractivity contribution in [3.05, 3.63) is 36.0 Å². The molecule has 2 aromatic rings. The number of aryl methyl sites for hydroxylation is 1. The van der Waals surface area contributed by atoms with Crippen LogP contribution in [0, 0.1) is 0 Å². The number of para-hydroxylation sites is 1. The monoisotopic (exact) mass is 202 g/mol. The average Bonchev–Trinajstić information content (AvgIpc) is 2.60. The molecule has 1 aromatic heterocycles. The van der Waals surface area contributed by atoms with Crippen molar-refractivity contribution < 1.29 is 5.21 Å². The highest BCUT2D eigenvalue weighted by molar-refractivity contribution is 6.10. The zero-order valence-electron chi connectivity index (χ0n) is 8.94. The molecular formula is C12H14N2O. The first kappa shape index (κ1) is 9.77. The molecule has 0 aliphatic heterocycles. The Labute approximate surface area is 88.6 Å². The Morgan fingerprint density at radius 3 is 2.80 bits per heavy atom. The van der Waals surface area contributed by atoms with Crippen molar-refractivity contribution in [1.29, 1.82) is 0 Å². The fourth-order valence-corrected chi connectivity index (χ4v) is 1.89. The van der Waals surface area contributed by atoms with Crippen LogP contribution in [0.1, 0.15) is 18.9 Å². The first-order chi connectivity index (χ1) is 7.27. The summed E-state index contributed by atoms with van der Waals surface area (Å²) in [5, 5.41) is 13.4. The van der Waals surface area contributed by atoms with E-state index in [9.17, 15) is 0 Å². The number of aromatic nitrogens is 1. The number of oxime groups is 1. The minimum Gasteiger partial charge on any atom is -0.411 e. The summed E-state index contributed by atoms with van der Waals surface area (Å²) < 4.78 is 2.05. The Morgan fingerprint density at radius 1 is 1.40 bits per heavy atom. The molecule has 0 amide bonds. The predicted molar refractivity (Wildman–Crippen MR) is 61.5 cm³/mol. The van der Waals surface area contributed by atoms with Crippen LogP contribution in [0.5, 0.6) is 0 Å². The number of rotatable bonds is 2. The molecule has 0 aliphatic carbocycles. The summed E-state index contributed by atoms with van der Waals surface area (Å²) in [6, 6.07) is 8.11. The van der Waals surface area contributed by atoms with Crippen LogP contribution in [0.15, 0.2) is 35.6 Å². The van der Waals surface area contributed by atoms with Gasteiger partial charge in [0.1, 0.15) is 0 Å². The second-order valence-electron chi connectivity index (χ2n) is 3.57. The first-order valence-corrected chi connectivity index (χ1v) is 5.03. The summed E-state index contributed by atoms with van der Waals surface area (Å²) in [7, 11) is 2.00. The van der Waals surface area contributed by atoms with Crippen molar-refractivity contribution >= 4 is 16.6 Å². The summed E-state index contributed by atoms with van der Waals surface area (Å²) in [6.45, 7) is 1.98. The molecule has 0 bridgehead atoms. The van der Waals surface area contributed by atoms with Crippen molar-refractivity contribution in [1.82, 2.24) is 4.57 Å². The van der Waals surface area contributed by atoms with Crippen molar-refractivity contribution in [2.24, 2.45) is 12.2 Å². The molecule has 1 heterocycles. The van der Waals surface area contributed by atoms with E-state index in [0.717, 1.165) is 28.6 Å². The molecule has 15 heavy (non-hydrogen) atoms. The van der Waals surface area contributed by atoms with Gasteiger partial charge >= 0.3 is 0 Å². The number of hydrogen-bond donors (Lipinski definition) is 1. The van der Waals surface area contributed by atoms with E-state index in [1.807, 2.05) is 42.9 Å². The lowest BCUT2D eigenvalue weighted by atomic mass is 10.1. The van der Waals surface area contributed by atoms with Crippen molar-refractivity contribution in [3.8, 4) is 0 Å². The van der Waals surface area contributed by atoms with Crippen LogP contribution in [-0.2, 0) is 7.05 Å². The first-order valence-electron chi connectivity index (χ1n) is 5.03. The third-order valence-corrected chi connectivity index (χ3v) is 2.66. The van der Waals surface area contributed by atoms with E-state index in [1.54, 1.807) is 0 Å². The van der Waals surface area contributed by atoms with Gasteiger partial charge in [0.2, 0.25) is 0 Å². The molecule has 3 nitrogen and oxygen atoms in total. The highest BCUT2D eigenvalue weighted by atomic mass is 16.4. The lowest BCUT2D eigenvalue weighted by Crippen LogP contribution is -1.97. The second kappa shape index (κ2) is 3.77. The standard InChI is InChI=1S/C12H14N2O/c1-3-11(13-15)10-8-14(2)12-7-5-4-6-9(10)12/h4-8,15H,3H2,1-2H3. The molecule has 0 atom stereocenters. The van der Waals surface area contributed by atoms with Gasteiger partial charge in [-0.2, -0.15) is 0 Å². The van der Waals surface area contributed by atoms with Gasteiger partial charge in [0.15, 0.2) is 0 Å². The van der Waals surface area contributed by atoms with Gasteiger partial charge in [-0.1, -0.05) is 30.3 Å². The number of benzene rings is 1. The third-order valence-electron chi connectivity index (χ3n) is 2.66. The largest absolute Gasteiger partial charge is 0.411 e. The molecule has 0 spiro atoms. The van der Waals surface area contributed by atoms with Crippen LogP contribution in [0.2, 0.25) is 0 Å². The Balaban J connectivity index is 2.72. The fourth-order valence-electron chi connectivity index (χ4n) is 1.89. The summed E-state index contributed by atoms with van der Waals surface area (Å²) in [6.07, 6.45) is 2.73. The minimum absolute atomic E-state index is 0.727. The van der Waals surface area contributed by atoms with E-state index in [4.69, 9.17) is 5.21 Å². The minimum atomic E-state index is 0.727. The lowest BCUT2D eigenvalue weighted by Gasteiger charge is -1.97. The fraction of sp³-hybridized carbons (Fsp3) is 0.250. The topological polar surface area (TPSA) is 37.5 Å². The average molecular weight is 202 g/mol. The van der Waals surface area contributed by atoms with Crippen LogP contribution in [0.3, 0.4) is 0 Å². The van der Waals surface area contributed by atoms with Crippen LogP contribution >= 0.6 is 0 Å². The van der Waals surface area contributed by atoms with Crippen LogP contribution < -0.4 is 0 Å². The van der Waals surface area contributed by atoms with Crippen molar-refractivity contribution in [3.63, 3.8) is 0 Å². The van der Waals surface area contributed by atoms with Gasteiger partial charge in [0, 0.05) is 29.7 Å². The zero-order valence-corrected chi connectivity index (χ0v) is 8.94. The predicted octanol–water partition coefficient (Wildman–Crippen LogP) is 2.77. The van der Waals surface area contributed by atoms with E-state index in [0.29, 0.717) is 0 Å². The maximum Gasteiger partial charge on any atom is 0.0886 e. The maximum absolute atomic E-state index is 8.93. The number of hydrogen-bond acceptors (Lipinski definition) is 2. The highest BCUT2D eigenvalue weighted by Gasteiger charge is 2.10. The van der Waals surface area contributed by atoms with Gasteiger partial charge in [-0.15, -0.1) is 0 Å². The molecule has 2 rings (SSSR count). The second-order valence-corrected chi connectivity index (χ2v) is 3.57. The summed E-state index contributed by atoms with van der Waals surface area (Å²) in [5.74, 6) is 0. The van der Waals surface area contributed by atoms with Gasteiger partial charge < -0.3 is 9.77 Å². The Morgan fingerprint density at radius 2 is 2.13 bits per heavy atom. The van der Waals surface area contributed by atoms with Gasteiger partial charge in [-0.25, -0.2) is 0 Å². The molecule has 3 heteroatoms. The Kier molecular flexibility index (Phi) is 2.46. The van der Waals surface area contributed by atoms with E-state index in [-0.39, 0.29) is 0 Å². The van der Waals surface area contributed by atoms with Crippen molar-refractivity contribution in [2.75, 3.05) is 0 Å². The normalized spacial score (nSPS) is 12.3. The molecular weight excluding hydrogens is 188 g/mol. The molecule has 1 aromatic carbocycles. The lowest BCUT2D eigenvalue weighted by molar-refractivity contribution is 0.318. The summed E-state index contributed by atoms with van der Waals surface area (Å²) >= 11 is 0. The van der Waals surface area contributed by atoms with Crippen molar-refractivity contribution in [2.45, 2.75) is 13.3 Å². The summed E-state index contributed by atoms with van der Waals surface area (Å²) in [5.41, 5.74) is 2.90. The molecule has 0 fully saturated rings. The smallest absolute Gasteiger partial charge is 0.0886 e. The SMILES string of the molecule is CCC(=NO)c1cn(C)c2ccccc12. The molecule has 0 saturated carbocycles. The van der Waals surface area contributed by atoms with E-state index < -0.39 is 0 Å². The Bertz CT molecular complexity index is 511. The summed E-state index contributed by atoms with van der Waals surface area (Å²) in [4.78, 5) is 0. The van der Waals surface area contributed by atoms with Gasteiger partial charge in [-0.3, -0.25) is 0 Å². The molecule has 1 N–H and O–H groups in total. The van der Waals surface area contributed by atoms with E-state index in [2.05, 4.69) is 11.2 Å². The molecule has 0 unspecified atom stereocenters.